The first-order valence-corrected chi connectivity index (χ1v) is 8.03. The second-order valence-corrected chi connectivity index (χ2v) is 6.01. The van der Waals surface area contributed by atoms with Crippen LogP contribution in [-0.4, -0.2) is 22.5 Å². The van der Waals surface area contributed by atoms with E-state index in [2.05, 4.69) is 10.4 Å². The summed E-state index contributed by atoms with van der Waals surface area (Å²) in [6.45, 7) is 0.798. The molecule has 2 heterocycles. The number of ether oxygens (including phenoxy) is 2. The van der Waals surface area contributed by atoms with Crippen LogP contribution in [0.2, 0.25) is 5.02 Å². The lowest BCUT2D eigenvalue weighted by Crippen LogP contribution is -2.12. The number of hydrogen-bond donors (Lipinski definition) is 1. The highest BCUT2D eigenvalue weighted by atomic mass is 35.5. The monoisotopic (exact) mass is 355 g/mol. The van der Waals surface area contributed by atoms with Crippen molar-refractivity contribution in [2.75, 3.05) is 12.1 Å². The van der Waals surface area contributed by atoms with Crippen molar-refractivity contribution in [3.63, 3.8) is 0 Å². The van der Waals surface area contributed by atoms with Gasteiger partial charge in [0.2, 0.25) is 6.79 Å². The predicted molar refractivity (Wildman–Crippen MR) is 93.3 cm³/mol. The van der Waals surface area contributed by atoms with Crippen LogP contribution < -0.4 is 14.8 Å². The van der Waals surface area contributed by atoms with Gasteiger partial charge in [0.25, 0.3) is 5.91 Å². The van der Waals surface area contributed by atoms with Gasteiger partial charge >= 0.3 is 0 Å². The van der Waals surface area contributed by atoms with Crippen molar-refractivity contribution in [2.45, 2.75) is 6.54 Å². The molecule has 25 heavy (non-hydrogen) atoms. The van der Waals surface area contributed by atoms with Crippen molar-refractivity contribution in [1.82, 2.24) is 9.78 Å². The third-order valence-corrected chi connectivity index (χ3v) is 3.99. The van der Waals surface area contributed by atoms with Gasteiger partial charge in [0.1, 0.15) is 0 Å². The molecule has 0 fully saturated rings. The highest BCUT2D eigenvalue weighted by molar-refractivity contribution is 6.30. The zero-order valence-corrected chi connectivity index (χ0v) is 13.9. The minimum absolute atomic E-state index is 0.187. The van der Waals surface area contributed by atoms with Gasteiger partial charge in [0.15, 0.2) is 11.5 Å². The van der Waals surface area contributed by atoms with Gasteiger partial charge in [-0.05, 0) is 29.8 Å². The van der Waals surface area contributed by atoms with Gasteiger partial charge in [-0.3, -0.25) is 9.48 Å². The first-order valence-electron chi connectivity index (χ1n) is 7.65. The molecule has 0 saturated carbocycles. The number of anilines is 1. The SMILES string of the molecule is O=C(Nc1ccc2c(c1)OCO2)c1ccc(Cn2cc(Cl)cn2)cc1. The third-order valence-electron chi connectivity index (χ3n) is 3.79. The zero-order chi connectivity index (χ0) is 17.2. The van der Waals surface area contributed by atoms with E-state index in [-0.39, 0.29) is 12.7 Å². The van der Waals surface area contributed by atoms with Crippen molar-refractivity contribution in [1.29, 1.82) is 0 Å². The summed E-state index contributed by atoms with van der Waals surface area (Å²) >= 11 is 5.85. The van der Waals surface area contributed by atoms with Gasteiger partial charge in [-0.25, -0.2) is 0 Å². The van der Waals surface area contributed by atoms with Crippen molar-refractivity contribution in [3.8, 4) is 11.5 Å². The van der Waals surface area contributed by atoms with Gasteiger partial charge in [0, 0.05) is 23.5 Å². The van der Waals surface area contributed by atoms with Gasteiger partial charge in [-0.2, -0.15) is 5.10 Å². The molecule has 7 heteroatoms. The number of halogens is 1. The maximum atomic E-state index is 12.4. The number of nitrogens with zero attached hydrogens (tertiary/aromatic N) is 2. The van der Waals surface area contributed by atoms with Crippen molar-refractivity contribution >= 4 is 23.2 Å². The second-order valence-electron chi connectivity index (χ2n) is 5.58. The van der Waals surface area contributed by atoms with Crippen molar-refractivity contribution in [2.24, 2.45) is 0 Å². The van der Waals surface area contributed by atoms with E-state index in [1.54, 1.807) is 47.4 Å². The Hall–Kier alpha value is -2.99. The molecule has 2 aromatic carbocycles. The molecule has 1 aliphatic rings. The Balaban J connectivity index is 1.43. The number of nitrogens with one attached hydrogen (secondary N) is 1. The average molecular weight is 356 g/mol. The number of carbonyl (C=O) groups is 1. The Labute approximate surface area is 148 Å². The molecule has 0 saturated heterocycles. The van der Waals surface area contributed by atoms with Crippen LogP contribution in [0.1, 0.15) is 15.9 Å². The fourth-order valence-corrected chi connectivity index (χ4v) is 2.71. The maximum absolute atomic E-state index is 12.4. The van der Waals surface area contributed by atoms with Crippen LogP contribution in [0, 0.1) is 0 Å². The summed E-state index contributed by atoms with van der Waals surface area (Å²) in [6.07, 6.45) is 3.34. The smallest absolute Gasteiger partial charge is 0.255 e. The molecule has 0 radical (unpaired) electrons. The lowest BCUT2D eigenvalue weighted by Gasteiger charge is -2.07. The fourth-order valence-electron chi connectivity index (χ4n) is 2.55. The number of amides is 1. The van der Waals surface area contributed by atoms with Crippen molar-refractivity contribution in [3.05, 3.63) is 71.0 Å². The second kappa shape index (κ2) is 6.49. The van der Waals surface area contributed by atoms with Crippen LogP contribution in [-0.2, 0) is 6.54 Å². The van der Waals surface area contributed by atoms with Crippen molar-refractivity contribution < 1.29 is 14.3 Å². The highest BCUT2D eigenvalue weighted by Gasteiger charge is 2.14. The Morgan fingerprint density at radius 1 is 1.16 bits per heavy atom. The number of fused-ring (bicyclic) bond motifs is 1. The Morgan fingerprint density at radius 3 is 2.72 bits per heavy atom. The Morgan fingerprint density at radius 2 is 1.96 bits per heavy atom. The van der Waals surface area contributed by atoms with E-state index in [1.165, 1.54) is 0 Å². The van der Waals surface area contributed by atoms with E-state index in [0.717, 1.165) is 5.56 Å². The van der Waals surface area contributed by atoms with Gasteiger partial charge in [-0.15, -0.1) is 0 Å². The number of benzene rings is 2. The normalized spacial score (nSPS) is 12.2. The van der Waals surface area contributed by atoms with Crippen LogP contribution in [0.25, 0.3) is 0 Å². The molecule has 1 amide bonds. The summed E-state index contributed by atoms with van der Waals surface area (Å²) in [5.74, 6) is 1.12. The van der Waals surface area contributed by atoms with Crippen LogP contribution in [0.3, 0.4) is 0 Å². The number of rotatable bonds is 4. The lowest BCUT2D eigenvalue weighted by atomic mass is 10.1. The molecule has 0 bridgehead atoms. The molecule has 3 aromatic rings. The number of aromatic nitrogens is 2. The maximum Gasteiger partial charge on any atom is 0.255 e. The molecule has 1 N–H and O–H groups in total. The van der Waals surface area contributed by atoms with E-state index >= 15 is 0 Å². The van der Waals surface area contributed by atoms with Crippen LogP contribution in [0.4, 0.5) is 5.69 Å². The lowest BCUT2D eigenvalue weighted by molar-refractivity contribution is 0.102. The summed E-state index contributed by atoms with van der Waals surface area (Å²) < 4.78 is 12.3. The molecule has 0 spiro atoms. The summed E-state index contributed by atoms with van der Waals surface area (Å²) in [5, 5.41) is 7.58. The van der Waals surface area contributed by atoms with E-state index in [1.807, 2.05) is 12.1 Å². The molecule has 0 unspecified atom stereocenters. The first kappa shape index (κ1) is 15.5. The molecular formula is C18H14ClN3O3. The predicted octanol–water partition coefficient (Wildman–Crippen LogP) is 3.57. The zero-order valence-electron chi connectivity index (χ0n) is 13.1. The van der Waals surface area contributed by atoms with Gasteiger partial charge in [-0.1, -0.05) is 23.7 Å². The highest BCUT2D eigenvalue weighted by Crippen LogP contribution is 2.34. The van der Waals surface area contributed by atoms with E-state index in [4.69, 9.17) is 21.1 Å². The van der Waals surface area contributed by atoms with Gasteiger partial charge in [0.05, 0.1) is 17.8 Å². The molecule has 0 atom stereocenters. The van der Waals surface area contributed by atoms with E-state index in [9.17, 15) is 4.79 Å². The van der Waals surface area contributed by atoms with Gasteiger partial charge < -0.3 is 14.8 Å². The third kappa shape index (κ3) is 3.44. The standard InChI is InChI=1S/C18H14ClN3O3/c19-14-8-20-22(10-14)9-12-1-3-13(4-2-12)18(23)21-15-5-6-16-17(7-15)25-11-24-16/h1-8,10H,9,11H2,(H,21,23). The number of carbonyl (C=O) groups excluding carboxylic acids is 1. The fraction of sp³-hybridized carbons (Fsp3) is 0.111. The van der Waals surface area contributed by atoms with Crippen LogP contribution in [0.15, 0.2) is 54.9 Å². The largest absolute Gasteiger partial charge is 0.454 e. The minimum atomic E-state index is -0.187. The molecule has 126 valence electrons. The summed E-state index contributed by atoms with van der Waals surface area (Å²) in [5.41, 5.74) is 2.25. The Kier molecular flexibility index (Phi) is 4.03. The first-order chi connectivity index (χ1) is 12.2. The molecule has 1 aromatic heterocycles. The number of hydrogen-bond acceptors (Lipinski definition) is 4. The summed E-state index contributed by atoms with van der Waals surface area (Å²) in [6, 6.07) is 12.6. The average Bonchev–Trinajstić information content (AvgIpc) is 3.24. The quantitative estimate of drug-likeness (QED) is 0.777. The topological polar surface area (TPSA) is 65.4 Å². The molecular weight excluding hydrogens is 342 g/mol. The Bertz CT molecular complexity index is 922. The minimum Gasteiger partial charge on any atom is -0.454 e. The van der Waals surface area contributed by atoms with Crippen LogP contribution >= 0.6 is 11.6 Å². The molecule has 4 rings (SSSR count). The van der Waals surface area contributed by atoms with Crippen LogP contribution in [0.5, 0.6) is 11.5 Å². The summed E-state index contributed by atoms with van der Waals surface area (Å²) in [4.78, 5) is 12.4. The molecule has 0 aliphatic carbocycles. The summed E-state index contributed by atoms with van der Waals surface area (Å²) in [7, 11) is 0. The molecule has 1 aliphatic heterocycles. The van der Waals surface area contributed by atoms with E-state index in [0.29, 0.717) is 34.3 Å². The van der Waals surface area contributed by atoms with E-state index < -0.39 is 0 Å². The molecule has 6 nitrogen and oxygen atoms in total.